The number of benzene rings is 2. The maximum Gasteiger partial charge on any atom is 0.338 e. The smallest absolute Gasteiger partial charge is 0.338 e. The van der Waals surface area contributed by atoms with Gasteiger partial charge in [0.05, 0.1) is 34.0 Å². The van der Waals surface area contributed by atoms with Gasteiger partial charge in [-0.15, -0.1) is 11.3 Å². The topological polar surface area (TPSA) is 85.8 Å². The van der Waals surface area contributed by atoms with Crippen molar-refractivity contribution in [3.05, 3.63) is 70.2 Å². The number of carbonyl (C=O) groups excluding carboxylic acids is 1. The molecule has 0 aliphatic carbocycles. The first-order chi connectivity index (χ1) is 13.8. The van der Waals surface area contributed by atoms with E-state index in [9.17, 15) is 13.2 Å². The summed E-state index contributed by atoms with van der Waals surface area (Å²) < 4.78 is 37.4. The molecule has 0 N–H and O–H groups in total. The number of hydrogen-bond donors (Lipinski definition) is 0. The number of nitrogens with zero attached hydrogens (tertiary/aromatic N) is 2. The summed E-state index contributed by atoms with van der Waals surface area (Å²) in [5.41, 5.74) is 1.28. The van der Waals surface area contributed by atoms with E-state index in [-0.39, 0.29) is 17.1 Å². The first kappa shape index (κ1) is 20.8. The SMILES string of the molecule is COc1ccc(N(C)S(=O)(=O)c2cccc(C(=O)OCc3csc(C)n3)c2)cc1. The minimum absolute atomic E-state index is 0.00484. The number of ether oxygens (including phenoxy) is 2. The predicted molar refractivity (Wildman–Crippen MR) is 111 cm³/mol. The number of esters is 1. The lowest BCUT2D eigenvalue weighted by molar-refractivity contribution is 0.0468. The van der Waals surface area contributed by atoms with Gasteiger partial charge in [0.2, 0.25) is 0 Å². The largest absolute Gasteiger partial charge is 0.497 e. The van der Waals surface area contributed by atoms with Gasteiger partial charge < -0.3 is 9.47 Å². The number of methoxy groups -OCH3 is 1. The van der Waals surface area contributed by atoms with E-state index in [0.29, 0.717) is 17.1 Å². The Bertz CT molecular complexity index is 1110. The van der Waals surface area contributed by atoms with Crippen molar-refractivity contribution < 1.29 is 22.7 Å². The highest BCUT2D eigenvalue weighted by atomic mass is 32.2. The maximum atomic E-state index is 13.0. The third kappa shape index (κ3) is 4.75. The molecule has 3 rings (SSSR count). The minimum atomic E-state index is -3.86. The highest BCUT2D eigenvalue weighted by molar-refractivity contribution is 7.92. The van der Waals surface area contributed by atoms with Gasteiger partial charge in [-0.1, -0.05) is 6.07 Å². The second kappa shape index (κ2) is 8.62. The van der Waals surface area contributed by atoms with Crippen molar-refractivity contribution >= 4 is 33.0 Å². The molecule has 0 aliphatic rings. The van der Waals surface area contributed by atoms with Crippen LogP contribution in [0, 0.1) is 6.92 Å². The van der Waals surface area contributed by atoms with Crippen LogP contribution in [0.1, 0.15) is 21.1 Å². The summed E-state index contributed by atoms with van der Waals surface area (Å²) in [5.74, 6) is 0.0133. The van der Waals surface area contributed by atoms with Crippen LogP contribution in [0.2, 0.25) is 0 Å². The number of anilines is 1. The number of thiazole rings is 1. The first-order valence-corrected chi connectivity index (χ1v) is 10.9. The van der Waals surface area contributed by atoms with Crippen molar-refractivity contribution in [2.75, 3.05) is 18.5 Å². The van der Waals surface area contributed by atoms with E-state index in [1.54, 1.807) is 24.3 Å². The molecule has 0 saturated carbocycles. The van der Waals surface area contributed by atoms with E-state index in [4.69, 9.17) is 9.47 Å². The maximum absolute atomic E-state index is 13.0. The van der Waals surface area contributed by atoms with Crippen LogP contribution in [0.3, 0.4) is 0 Å². The number of aryl methyl sites for hydroxylation is 1. The van der Waals surface area contributed by atoms with Crippen LogP contribution in [0.15, 0.2) is 58.8 Å². The molecule has 1 heterocycles. The standard InChI is InChI=1S/C20H20N2O5S2/c1-14-21-16(13-28-14)12-27-20(23)15-5-4-6-19(11-15)29(24,25)22(2)17-7-9-18(26-3)10-8-17/h4-11,13H,12H2,1-3H3. The number of carbonyl (C=O) groups is 1. The van der Waals surface area contributed by atoms with E-state index in [0.717, 1.165) is 9.31 Å². The molecule has 0 radical (unpaired) electrons. The summed E-state index contributed by atoms with van der Waals surface area (Å²) in [6, 6.07) is 12.4. The fraction of sp³-hybridized carbons (Fsp3) is 0.200. The summed E-state index contributed by atoms with van der Waals surface area (Å²) in [6.07, 6.45) is 0. The minimum Gasteiger partial charge on any atom is -0.497 e. The van der Waals surface area contributed by atoms with Gasteiger partial charge in [0, 0.05) is 12.4 Å². The zero-order valence-corrected chi connectivity index (χ0v) is 17.8. The van der Waals surface area contributed by atoms with E-state index in [1.807, 2.05) is 12.3 Å². The summed E-state index contributed by atoms with van der Waals surface area (Å²) in [7, 11) is -0.869. The summed E-state index contributed by atoms with van der Waals surface area (Å²) in [6.45, 7) is 1.90. The Morgan fingerprint density at radius 1 is 1.17 bits per heavy atom. The van der Waals surface area contributed by atoms with Crippen LogP contribution in [0.4, 0.5) is 5.69 Å². The first-order valence-electron chi connectivity index (χ1n) is 8.62. The molecule has 3 aromatic rings. The van der Waals surface area contributed by atoms with Crippen LogP contribution in [0.5, 0.6) is 5.75 Å². The summed E-state index contributed by atoms with van der Waals surface area (Å²) in [5, 5.41) is 2.69. The van der Waals surface area contributed by atoms with Gasteiger partial charge in [0.15, 0.2) is 0 Å². The second-order valence-corrected chi connectivity index (χ2v) is 9.16. The van der Waals surface area contributed by atoms with E-state index < -0.39 is 16.0 Å². The molecule has 0 atom stereocenters. The van der Waals surface area contributed by atoms with Crippen molar-refractivity contribution in [2.24, 2.45) is 0 Å². The molecule has 1 aromatic heterocycles. The zero-order valence-electron chi connectivity index (χ0n) is 16.2. The summed E-state index contributed by atoms with van der Waals surface area (Å²) in [4.78, 5) is 16.6. The highest BCUT2D eigenvalue weighted by Crippen LogP contribution is 2.25. The van der Waals surface area contributed by atoms with Gasteiger partial charge in [0.25, 0.3) is 10.0 Å². The predicted octanol–water partition coefficient (Wildman–Crippen LogP) is 3.64. The van der Waals surface area contributed by atoms with Crippen molar-refractivity contribution in [1.82, 2.24) is 4.98 Å². The van der Waals surface area contributed by atoms with Gasteiger partial charge in [-0.2, -0.15) is 0 Å². The molecule has 152 valence electrons. The number of sulfonamides is 1. The molecule has 0 bridgehead atoms. The van der Waals surface area contributed by atoms with Gasteiger partial charge in [-0.3, -0.25) is 4.31 Å². The quantitative estimate of drug-likeness (QED) is 0.530. The molecule has 0 amide bonds. The molecule has 9 heteroatoms. The Hall–Kier alpha value is -2.91. The van der Waals surface area contributed by atoms with Crippen LogP contribution >= 0.6 is 11.3 Å². The van der Waals surface area contributed by atoms with Crippen molar-refractivity contribution in [3.63, 3.8) is 0 Å². The third-order valence-electron chi connectivity index (χ3n) is 4.18. The van der Waals surface area contributed by atoms with Crippen molar-refractivity contribution in [3.8, 4) is 5.75 Å². The molecule has 2 aromatic carbocycles. The molecule has 0 unspecified atom stereocenters. The van der Waals surface area contributed by atoms with E-state index in [2.05, 4.69) is 4.98 Å². The monoisotopic (exact) mass is 432 g/mol. The van der Waals surface area contributed by atoms with Crippen molar-refractivity contribution in [1.29, 1.82) is 0 Å². The lowest BCUT2D eigenvalue weighted by Gasteiger charge is -2.20. The van der Waals surface area contributed by atoms with E-state index in [1.165, 1.54) is 49.8 Å². The Labute approximate surface area is 173 Å². The molecular weight excluding hydrogens is 412 g/mol. The Morgan fingerprint density at radius 2 is 1.90 bits per heavy atom. The van der Waals surface area contributed by atoms with Gasteiger partial charge in [0.1, 0.15) is 12.4 Å². The van der Waals surface area contributed by atoms with Gasteiger partial charge >= 0.3 is 5.97 Å². The average molecular weight is 433 g/mol. The Morgan fingerprint density at radius 3 is 2.52 bits per heavy atom. The molecule has 29 heavy (non-hydrogen) atoms. The molecule has 7 nitrogen and oxygen atoms in total. The van der Waals surface area contributed by atoms with Crippen molar-refractivity contribution in [2.45, 2.75) is 18.4 Å². The lowest BCUT2D eigenvalue weighted by Crippen LogP contribution is -2.26. The van der Waals surface area contributed by atoms with Gasteiger partial charge in [-0.25, -0.2) is 18.2 Å². The fourth-order valence-corrected chi connectivity index (χ4v) is 4.41. The van der Waals surface area contributed by atoms with Crippen LogP contribution < -0.4 is 9.04 Å². The summed E-state index contributed by atoms with van der Waals surface area (Å²) >= 11 is 1.47. The average Bonchev–Trinajstić information content (AvgIpc) is 3.16. The fourth-order valence-electron chi connectivity index (χ4n) is 2.57. The highest BCUT2D eigenvalue weighted by Gasteiger charge is 2.23. The number of aromatic nitrogens is 1. The van der Waals surface area contributed by atoms with Crippen LogP contribution in [0.25, 0.3) is 0 Å². The number of rotatable bonds is 7. The zero-order chi connectivity index (χ0) is 21.0. The molecule has 0 spiro atoms. The molecular formula is C20H20N2O5S2. The third-order valence-corrected chi connectivity index (χ3v) is 6.79. The normalized spacial score (nSPS) is 11.1. The number of hydrogen-bond acceptors (Lipinski definition) is 7. The van der Waals surface area contributed by atoms with Crippen LogP contribution in [-0.2, 0) is 21.4 Å². The Balaban J connectivity index is 1.78. The molecule has 0 fully saturated rings. The second-order valence-electron chi connectivity index (χ2n) is 6.13. The van der Waals surface area contributed by atoms with Crippen LogP contribution in [-0.4, -0.2) is 33.5 Å². The van der Waals surface area contributed by atoms with E-state index >= 15 is 0 Å². The molecule has 0 aliphatic heterocycles. The molecule has 0 saturated heterocycles. The van der Waals surface area contributed by atoms with Gasteiger partial charge in [-0.05, 0) is 49.4 Å². The Kier molecular flexibility index (Phi) is 6.19. The lowest BCUT2D eigenvalue weighted by atomic mass is 10.2.